The zero-order chi connectivity index (χ0) is 18.4. The summed E-state index contributed by atoms with van der Waals surface area (Å²) in [5.41, 5.74) is 1.63. The number of carbonyl (C=O) groups excluding carboxylic acids is 1. The number of nitrogens with one attached hydrogen (secondary N) is 1. The normalized spacial score (nSPS) is 8.40. The van der Waals surface area contributed by atoms with Crippen LogP contribution in [0.2, 0.25) is 0 Å². The third-order valence-electron chi connectivity index (χ3n) is 3.27. The van der Waals surface area contributed by atoms with Gasteiger partial charge in [-0.3, -0.25) is 10.0 Å². The quantitative estimate of drug-likeness (QED) is 0.301. The van der Waals surface area contributed by atoms with Gasteiger partial charge in [-0.2, -0.15) is 0 Å². The highest BCUT2D eigenvalue weighted by atomic mass is 16.5. The average Bonchev–Trinajstić information content (AvgIpc) is 2.63. The molecule has 3 nitrogen and oxygen atoms in total. The Kier molecular flexibility index (Phi) is 17.9. The number of carbonyl (C=O) groups is 1. The van der Waals surface area contributed by atoms with Crippen molar-refractivity contribution in [3.8, 4) is 47.4 Å². The number of hydrogen-bond donors (Lipinski definition) is 2. The van der Waals surface area contributed by atoms with Crippen molar-refractivity contribution >= 4 is 5.91 Å². The molecule has 0 saturated heterocycles. The molecule has 134 valence electrons. The van der Waals surface area contributed by atoms with Gasteiger partial charge in [0.05, 0.1) is 19.3 Å². The van der Waals surface area contributed by atoms with Crippen molar-refractivity contribution in [3.63, 3.8) is 0 Å². The molecule has 0 aromatic heterocycles. The molecule has 0 heterocycles. The highest BCUT2D eigenvalue weighted by Gasteiger charge is 1.96. The molecule has 0 radical (unpaired) electrons. The van der Waals surface area contributed by atoms with Crippen LogP contribution in [-0.2, 0) is 4.79 Å². The zero-order valence-corrected chi connectivity index (χ0v) is 15.3. The van der Waals surface area contributed by atoms with E-state index in [0.717, 1.165) is 32.1 Å². The van der Waals surface area contributed by atoms with Gasteiger partial charge in [-0.05, 0) is 19.3 Å². The molecule has 0 unspecified atom stereocenters. The molecule has 2 N–H and O–H groups in total. The van der Waals surface area contributed by atoms with E-state index in [4.69, 9.17) is 5.21 Å². The van der Waals surface area contributed by atoms with Crippen molar-refractivity contribution in [2.75, 3.05) is 0 Å². The summed E-state index contributed by atoms with van der Waals surface area (Å²) in [6.07, 6.45) is 10.3. The molecule has 0 atom stereocenters. The molecule has 0 aliphatic carbocycles. The van der Waals surface area contributed by atoms with Crippen LogP contribution in [0.15, 0.2) is 0 Å². The Morgan fingerprint density at radius 1 is 0.720 bits per heavy atom. The minimum Gasteiger partial charge on any atom is -0.289 e. The summed E-state index contributed by atoms with van der Waals surface area (Å²) in [7, 11) is 0. The maximum absolute atomic E-state index is 10.8. The van der Waals surface area contributed by atoms with Gasteiger partial charge in [-0.1, -0.05) is 61.7 Å². The van der Waals surface area contributed by atoms with Gasteiger partial charge in [0, 0.05) is 19.3 Å². The van der Waals surface area contributed by atoms with Gasteiger partial charge in [0.15, 0.2) is 0 Å². The number of rotatable bonds is 8. The van der Waals surface area contributed by atoms with Crippen LogP contribution in [0.5, 0.6) is 0 Å². The molecule has 0 fully saturated rings. The standard InChI is InChI=1S/C22H29NO2/c1-2-3-4-5-6-7-8-9-10-11-12-13-14-15-16-17-18-19-20-21-22(24)23-25/h25H,2-5,8,11,14,17-21H2,1H3,(H,23,24). The minimum atomic E-state index is -0.330. The predicted octanol–water partition coefficient (Wildman–Crippen LogP) is 4.21. The van der Waals surface area contributed by atoms with Crippen LogP contribution in [0.3, 0.4) is 0 Å². The smallest absolute Gasteiger partial charge is 0.243 e. The van der Waals surface area contributed by atoms with E-state index in [1.807, 2.05) is 0 Å². The lowest BCUT2D eigenvalue weighted by Crippen LogP contribution is -2.17. The predicted molar refractivity (Wildman–Crippen MR) is 102 cm³/mol. The summed E-state index contributed by atoms with van der Waals surface area (Å²) in [6.45, 7) is 2.19. The molecular weight excluding hydrogens is 310 g/mol. The Labute approximate surface area is 153 Å². The lowest BCUT2D eigenvalue weighted by atomic mass is 10.1. The average molecular weight is 339 g/mol. The molecule has 0 aromatic carbocycles. The van der Waals surface area contributed by atoms with Crippen LogP contribution in [0.4, 0.5) is 0 Å². The zero-order valence-electron chi connectivity index (χ0n) is 15.3. The second kappa shape index (κ2) is 19.7. The maximum Gasteiger partial charge on any atom is 0.243 e. The van der Waals surface area contributed by atoms with Crippen LogP contribution < -0.4 is 5.48 Å². The third kappa shape index (κ3) is 19.6. The summed E-state index contributed by atoms with van der Waals surface area (Å²) < 4.78 is 0. The summed E-state index contributed by atoms with van der Waals surface area (Å²) in [5.74, 6) is 24.0. The van der Waals surface area contributed by atoms with Gasteiger partial charge < -0.3 is 0 Å². The highest BCUT2D eigenvalue weighted by molar-refractivity contribution is 5.74. The molecule has 0 saturated carbocycles. The van der Waals surface area contributed by atoms with Crippen molar-refractivity contribution in [1.82, 2.24) is 5.48 Å². The van der Waals surface area contributed by atoms with Crippen molar-refractivity contribution in [2.24, 2.45) is 0 Å². The first-order chi connectivity index (χ1) is 12.3. The maximum atomic E-state index is 10.8. The molecule has 25 heavy (non-hydrogen) atoms. The van der Waals surface area contributed by atoms with Crippen molar-refractivity contribution in [2.45, 2.75) is 84.0 Å². The Hall–Kier alpha value is -2.33. The Bertz CT molecular complexity index is 591. The summed E-state index contributed by atoms with van der Waals surface area (Å²) >= 11 is 0. The number of unbranched alkanes of at least 4 members (excludes halogenated alkanes) is 6. The highest BCUT2D eigenvalue weighted by Crippen LogP contribution is 2.02. The first-order valence-electron chi connectivity index (χ1n) is 9.07. The number of hydrogen-bond acceptors (Lipinski definition) is 2. The lowest BCUT2D eigenvalue weighted by Gasteiger charge is -1.96. The van der Waals surface area contributed by atoms with Crippen LogP contribution in [0, 0.1) is 47.4 Å². The minimum absolute atomic E-state index is 0.330. The Morgan fingerprint density at radius 2 is 1.20 bits per heavy atom. The summed E-state index contributed by atoms with van der Waals surface area (Å²) in [5, 5.41) is 8.34. The molecular formula is C22H29NO2. The second-order valence-electron chi connectivity index (χ2n) is 5.50. The van der Waals surface area contributed by atoms with E-state index in [-0.39, 0.29) is 5.91 Å². The molecule has 0 aliphatic heterocycles. The first-order valence-corrected chi connectivity index (χ1v) is 9.07. The van der Waals surface area contributed by atoms with Crippen molar-refractivity contribution in [3.05, 3.63) is 0 Å². The van der Waals surface area contributed by atoms with E-state index in [1.165, 1.54) is 19.3 Å². The van der Waals surface area contributed by atoms with E-state index >= 15 is 0 Å². The second-order valence-corrected chi connectivity index (χ2v) is 5.50. The lowest BCUT2D eigenvalue weighted by molar-refractivity contribution is -0.129. The van der Waals surface area contributed by atoms with E-state index in [0.29, 0.717) is 25.7 Å². The van der Waals surface area contributed by atoms with Crippen LogP contribution in [0.25, 0.3) is 0 Å². The topological polar surface area (TPSA) is 49.3 Å². The van der Waals surface area contributed by atoms with Crippen molar-refractivity contribution < 1.29 is 10.0 Å². The molecule has 0 aromatic rings. The molecule has 0 aliphatic rings. The van der Waals surface area contributed by atoms with E-state index in [9.17, 15) is 4.79 Å². The van der Waals surface area contributed by atoms with Gasteiger partial charge in [0.1, 0.15) is 0 Å². The summed E-state index contributed by atoms with van der Waals surface area (Å²) in [4.78, 5) is 10.8. The first kappa shape index (κ1) is 22.7. The van der Waals surface area contributed by atoms with Crippen LogP contribution >= 0.6 is 0 Å². The van der Waals surface area contributed by atoms with Gasteiger partial charge >= 0.3 is 0 Å². The van der Waals surface area contributed by atoms with Crippen LogP contribution in [0.1, 0.15) is 84.0 Å². The Morgan fingerprint density at radius 3 is 1.68 bits per heavy atom. The fourth-order valence-electron chi connectivity index (χ4n) is 1.88. The number of amides is 1. The van der Waals surface area contributed by atoms with Gasteiger partial charge in [0.2, 0.25) is 5.91 Å². The van der Waals surface area contributed by atoms with E-state index in [2.05, 4.69) is 54.3 Å². The van der Waals surface area contributed by atoms with Gasteiger partial charge in [-0.25, -0.2) is 5.48 Å². The number of hydroxylamine groups is 1. The SMILES string of the molecule is CCCCCC#CCC#CCC#CCC#CCCCCCC(=O)NO. The van der Waals surface area contributed by atoms with Gasteiger partial charge in [-0.15, -0.1) is 11.8 Å². The molecule has 3 heteroatoms. The van der Waals surface area contributed by atoms with E-state index in [1.54, 1.807) is 5.48 Å². The monoisotopic (exact) mass is 339 g/mol. The molecule has 0 rings (SSSR count). The molecule has 0 bridgehead atoms. The fraction of sp³-hybridized carbons (Fsp3) is 0.591. The third-order valence-corrected chi connectivity index (χ3v) is 3.27. The Balaban J connectivity index is 3.54. The van der Waals surface area contributed by atoms with Crippen LogP contribution in [-0.4, -0.2) is 11.1 Å². The fourth-order valence-corrected chi connectivity index (χ4v) is 1.88. The van der Waals surface area contributed by atoms with E-state index < -0.39 is 0 Å². The van der Waals surface area contributed by atoms with Gasteiger partial charge in [0.25, 0.3) is 0 Å². The molecule has 1 amide bonds. The largest absolute Gasteiger partial charge is 0.289 e. The van der Waals surface area contributed by atoms with Crippen molar-refractivity contribution in [1.29, 1.82) is 0 Å². The summed E-state index contributed by atoms with van der Waals surface area (Å²) in [6, 6.07) is 0. The molecule has 0 spiro atoms.